The van der Waals surface area contributed by atoms with Crippen molar-refractivity contribution in [1.82, 2.24) is 0 Å². The zero-order valence-corrected chi connectivity index (χ0v) is 7.78. The number of hydrogen-bond acceptors (Lipinski definition) is 2. The first-order valence-corrected chi connectivity index (χ1v) is 4.45. The summed E-state index contributed by atoms with van der Waals surface area (Å²) in [5.74, 6) is 1.02. The molecule has 0 saturated carbocycles. The molecule has 1 aromatic rings. The predicted molar refractivity (Wildman–Crippen MR) is 53.0 cm³/mol. The van der Waals surface area contributed by atoms with Gasteiger partial charge in [-0.25, -0.2) is 0 Å². The first-order valence-electron chi connectivity index (χ1n) is 4.04. The van der Waals surface area contributed by atoms with E-state index in [-0.39, 0.29) is 0 Å². The lowest BCUT2D eigenvalue weighted by Gasteiger charge is -2.01. The van der Waals surface area contributed by atoms with Gasteiger partial charge in [0.1, 0.15) is 5.75 Å². The van der Waals surface area contributed by atoms with Crippen LogP contribution in [-0.4, -0.2) is 11.5 Å². The predicted octanol–water partition coefficient (Wildman–Crippen LogP) is 2.36. The van der Waals surface area contributed by atoms with E-state index in [4.69, 9.17) is 17.0 Å². The van der Waals surface area contributed by atoms with E-state index in [0.29, 0.717) is 0 Å². The largest absolute Gasteiger partial charge is 0.493 e. The summed E-state index contributed by atoms with van der Waals surface area (Å²) in [6.45, 7) is 2.77. The van der Waals surface area contributed by atoms with Gasteiger partial charge >= 0.3 is 0 Å². The number of hydrogen-bond donors (Lipinski definition) is 0. The molecule has 12 heavy (non-hydrogen) atoms. The van der Waals surface area contributed by atoms with Gasteiger partial charge < -0.3 is 4.74 Å². The molecular formula is C10H10OS. The Morgan fingerprint density at radius 1 is 1.50 bits per heavy atom. The van der Waals surface area contributed by atoms with Crippen LogP contribution in [0.1, 0.15) is 18.1 Å². The molecule has 0 aromatic heterocycles. The molecule has 0 unspecified atom stereocenters. The Morgan fingerprint density at radius 2 is 2.33 bits per heavy atom. The Kier molecular flexibility index (Phi) is 1.85. The second-order valence-electron chi connectivity index (χ2n) is 2.98. The summed E-state index contributed by atoms with van der Waals surface area (Å²) in [6, 6.07) is 6.16. The summed E-state index contributed by atoms with van der Waals surface area (Å²) in [5, 5.41) is 0. The lowest BCUT2D eigenvalue weighted by atomic mass is 10.1. The third kappa shape index (κ3) is 1.23. The normalized spacial score (nSPS) is 13.8. The molecule has 1 aliphatic heterocycles. The molecule has 2 rings (SSSR count). The van der Waals surface area contributed by atoms with Crippen LogP contribution in [0.25, 0.3) is 0 Å². The summed E-state index contributed by atoms with van der Waals surface area (Å²) in [7, 11) is 0. The van der Waals surface area contributed by atoms with Crippen LogP contribution in [0.4, 0.5) is 0 Å². The minimum Gasteiger partial charge on any atom is -0.493 e. The Morgan fingerprint density at radius 3 is 3.08 bits per heavy atom. The smallest absolute Gasteiger partial charge is 0.122 e. The van der Waals surface area contributed by atoms with E-state index in [2.05, 4.69) is 6.07 Å². The number of thiocarbonyl (C=S) groups is 1. The van der Waals surface area contributed by atoms with Crippen molar-refractivity contribution in [2.24, 2.45) is 0 Å². The summed E-state index contributed by atoms with van der Waals surface area (Å²) in [4.78, 5) is 0.949. The lowest BCUT2D eigenvalue weighted by Crippen LogP contribution is -1.90. The van der Waals surface area contributed by atoms with E-state index in [1.807, 2.05) is 19.1 Å². The number of fused-ring (bicyclic) bond motifs is 1. The van der Waals surface area contributed by atoms with Crippen LogP contribution >= 0.6 is 12.2 Å². The summed E-state index contributed by atoms with van der Waals surface area (Å²) < 4.78 is 5.39. The maximum Gasteiger partial charge on any atom is 0.122 e. The van der Waals surface area contributed by atoms with Crippen LogP contribution in [0.2, 0.25) is 0 Å². The highest BCUT2D eigenvalue weighted by Crippen LogP contribution is 2.25. The first kappa shape index (κ1) is 7.74. The van der Waals surface area contributed by atoms with Crippen LogP contribution in [0.15, 0.2) is 18.2 Å². The Hall–Kier alpha value is -0.890. The molecule has 1 aromatic carbocycles. The fourth-order valence-electron chi connectivity index (χ4n) is 1.41. The molecule has 2 heteroatoms. The molecule has 0 amide bonds. The maximum atomic E-state index is 5.39. The van der Waals surface area contributed by atoms with Crippen LogP contribution in [0.5, 0.6) is 5.75 Å². The van der Waals surface area contributed by atoms with Crippen LogP contribution < -0.4 is 4.74 Å². The molecule has 1 nitrogen and oxygen atoms in total. The molecule has 0 saturated heterocycles. The average molecular weight is 178 g/mol. The van der Waals surface area contributed by atoms with E-state index in [1.54, 1.807) is 0 Å². The van der Waals surface area contributed by atoms with Crippen molar-refractivity contribution in [2.45, 2.75) is 13.3 Å². The van der Waals surface area contributed by atoms with Gasteiger partial charge in [0.25, 0.3) is 0 Å². The number of benzene rings is 1. The summed E-state index contributed by atoms with van der Waals surface area (Å²) in [6.07, 6.45) is 1.02. The SMILES string of the molecule is CC(=S)c1ccc2c(c1)CCO2. The summed E-state index contributed by atoms with van der Waals surface area (Å²) in [5.41, 5.74) is 2.44. The standard InChI is InChI=1S/C10H10OS/c1-7(12)8-2-3-10-9(6-8)4-5-11-10/h2-3,6H,4-5H2,1H3. The Bertz CT molecular complexity index is 331. The summed E-state index contributed by atoms with van der Waals surface area (Å²) >= 11 is 5.09. The van der Waals surface area contributed by atoms with Crippen molar-refractivity contribution in [3.8, 4) is 5.75 Å². The van der Waals surface area contributed by atoms with E-state index >= 15 is 0 Å². The van der Waals surface area contributed by atoms with Crippen molar-refractivity contribution >= 4 is 17.1 Å². The van der Waals surface area contributed by atoms with Gasteiger partial charge in [-0.1, -0.05) is 18.3 Å². The van der Waals surface area contributed by atoms with Crippen molar-refractivity contribution < 1.29 is 4.74 Å². The zero-order valence-electron chi connectivity index (χ0n) is 6.96. The zero-order chi connectivity index (χ0) is 8.55. The lowest BCUT2D eigenvalue weighted by molar-refractivity contribution is 0.357. The Labute approximate surface area is 77.4 Å². The molecule has 0 bridgehead atoms. The van der Waals surface area contributed by atoms with Gasteiger partial charge in [-0.3, -0.25) is 0 Å². The average Bonchev–Trinajstić information content (AvgIpc) is 2.49. The highest BCUT2D eigenvalue weighted by atomic mass is 32.1. The topological polar surface area (TPSA) is 9.23 Å². The quantitative estimate of drug-likeness (QED) is 0.482. The van der Waals surface area contributed by atoms with Crippen LogP contribution in [0, 0.1) is 0 Å². The van der Waals surface area contributed by atoms with Gasteiger partial charge in [-0.15, -0.1) is 0 Å². The van der Waals surface area contributed by atoms with Gasteiger partial charge in [0.2, 0.25) is 0 Å². The number of rotatable bonds is 1. The fraction of sp³-hybridized carbons (Fsp3) is 0.300. The maximum absolute atomic E-state index is 5.39. The van der Waals surface area contributed by atoms with Crippen LogP contribution in [-0.2, 0) is 6.42 Å². The molecule has 1 aliphatic rings. The van der Waals surface area contributed by atoms with E-state index in [1.165, 1.54) is 5.56 Å². The molecule has 62 valence electrons. The third-order valence-electron chi connectivity index (χ3n) is 2.10. The van der Waals surface area contributed by atoms with Gasteiger partial charge in [0.15, 0.2) is 0 Å². The molecule has 0 aliphatic carbocycles. The van der Waals surface area contributed by atoms with Crippen molar-refractivity contribution in [1.29, 1.82) is 0 Å². The second-order valence-corrected chi connectivity index (χ2v) is 3.59. The van der Waals surface area contributed by atoms with Crippen molar-refractivity contribution in [3.63, 3.8) is 0 Å². The second kappa shape index (κ2) is 2.87. The molecule has 0 atom stereocenters. The highest BCUT2D eigenvalue weighted by Gasteiger charge is 2.11. The highest BCUT2D eigenvalue weighted by molar-refractivity contribution is 7.80. The van der Waals surface area contributed by atoms with E-state index in [0.717, 1.165) is 29.2 Å². The number of ether oxygens (including phenoxy) is 1. The Balaban J connectivity index is 2.45. The molecule has 0 fully saturated rings. The van der Waals surface area contributed by atoms with Crippen molar-refractivity contribution in [3.05, 3.63) is 29.3 Å². The minimum atomic E-state index is 0.815. The van der Waals surface area contributed by atoms with Crippen molar-refractivity contribution in [2.75, 3.05) is 6.61 Å². The monoisotopic (exact) mass is 178 g/mol. The fourth-order valence-corrected chi connectivity index (χ4v) is 1.53. The molecule has 0 radical (unpaired) electrons. The molecule has 0 N–H and O–H groups in total. The third-order valence-corrected chi connectivity index (χ3v) is 2.33. The first-order chi connectivity index (χ1) is 5.77. The van der Waals surface area contributed by atoms with Gasteiger partial charge in [0, 0.05) is 11.3 Å². The van der Waals surface area contributed by atoms with E-state index < -0.39 is 0 Å². The molecular weight excluding hydrogens is 168 g/mol. The van der Waals surface area contributed by atoms with Crippen LogP contribution in [0.3, 0.4) is 0 Å². The van der Waals surface area contributed by atoms with Gasteiger partial charge in [-0.05, 0) is 30.2 Å². The molecule has 1 heterocycles. The minimum absolute atomic E-state index is 0.815. The molecule has 0 spiro atoms. The van der Waals surface area contributed by atoms with E-state index in [9.17, 15) is 0 Å². The van der Waals surface area contributed by atoms with Gasteiger partial charge in [0.05, 0.1) is 6.61 Å². The van der Waals surface area contributed by atoms with Gasteiger partial charge in [-0.2, -0.15) is 0 Å².